The van der Waals surface area contributed by atoms with Gasteiger partial charge in [0.2, 0.25) is 12.2 Å². The molecule has 1 saturated carbocycles. The Balaban J connectivity index is 1.36. The smallest absolute Gasteiger partial charge is 0.308 e. The van der Waals surface area contributed by atoms with Gasteiger partial charge in [0.05, 0.1) is 6.04 Å². The number of esters is 1. The molecule has 4 rings (SSSR count). The molecule has 35 heavy (non-hydrogen) atoms. The number of epoxide rings is 2. The minimum atomic E-state index is -0.950. The number of carbonyl (C=O) groups excluding carboxylic acids is 3. The number of ether oxygens (including phenoxy) is 4. The maximum absolute atomic E-state index is 12.8. The van der Waals surface area contributed by atoms with E-state index in [1.54, 1.807) is 6.08 Å². The molecule has 3 heterocycles. The Morgan fingerprint density at radius 2 is 1.83 bits per heavy atom. The van der Waals surface area contributed by atoms with Crippen LogP contribution < -0.4 is 5.32 Å². The summed E-state index contributed by atoms with van der Waals surface area (Å²) in [6.07, 6.45) is 10.0. The Hall–Kier alpha value is -2.03. The molecule has 3 saturated heterocycles. The van der Waals surface area contributed by atoms with Crippen molar-refractivity contribution in [3.63, 3.8) is 0 Å². The van der Waals surface area contributed by atoms with Crippen molar-refractivity contribution < 1.29 is 33.3 Å². The molecule has 0 aromatic rings. The molecule has 3 aliphatic heterocycles. The van der Waals surface area contributed by atoms with Gasteiger partial charge in [-0.2, -0.15) is 0 Å². The summed E-state index contributed by atoms with van der Waals surface area (Å²) >= 11 is 0. The molecular formula is C27H39NO7. The van der Waals surface area contributed by atoms with Crippen LogP contribution in [-0.4, -0.2) is 60.0 Å². The maximum Gasteiger partial charge on any atom is 0.308 e. The van der Waals surface area contributed by atoms with Crippen molar-refractivity contribution in [1.82, 2.24) is 5.32 Å². The molecule has 0 radical (unpaired) electrons. The van der Waals surface area contributed by atoms with Crippen LogP contribution in [0.5, 0.6) is 0 Å². The summed E-state index contributed by atoms with van der Waals surface area (Å²) < 4.78 is 23.0. The predicted octanol–water partition coefficient (Wildman–Crippen LogP) is 3.53. The average molecular weight is 490 g/mol. The molecule has 1 spiro atoms. The molecule has 0 aromatic heterocycles. The highest BCUT2D eigenvalue weighted by Gasteiger charge is 2.79. The van der Waals surface area contributed by atoms with Gasteiger partial charge < -0.3 is 24.3 Å². The van der Waals surface area contributed by atoms with Gasteiger partial charge in [0.15, 0.2) is 5.78 Å². The summed E-state index contributed by atoms with van der Waals surface area (Å²) in [7, 11) is 0. The number of unbranched alkanes of at least 4 members (excludes halogenated alkanes) is 3. The number of rotatable bonds is 12. The maximum atomic E-state index is 12.8. The molecule has 1 amide bonds. The van der Waals surface area contributed by atoms with E-state index < -0.39 is 42.3 Å². The lowest BCUT2D eigenvalue weighted by atomic mass is 9.81. The van der Waals surface area contributed by atoms with Gasteiger partial charge in [-0.3, -0.25) is 14.4 Å². The van der Waals surface area contributed by atoms with Crippen LogP contribution in [0, 0.1) is 5.92 Å². The van der Waals surface area contributed by atoms with Gasteiger partial charge in [-0.1, -0.05) is 64.2 Å². The van der Waals surface area contributed by atoms with E-state index in [9.17, 15) is 14.4 Å². The average Bonchev–Trinajstić information content (AvgIpc) is 3.72. The summed E-state index contributed by atoms with van der Waals surface area (Å²) in [4.78, 5) is 37.2. The van der Waals surface area contributed by atoms with E-state index in [0.29, 0.717) is 18.8 Å². The monoisotopic (exact) mass is 489 g/mol. The first kappa shape index (κ1) is 26.0. The fourth-order valence-corrected chi connectivity index (χ4v) is 5.41. The Bertz CT molecular complexity index is 861. The topological polar surface area (TPSA) is 107 Å². The summed E-state index contributed by atoms with van der Waals surface area (Å²) in [6, 6.07) is -0.558. The lowest BCUT2D eigenvalue weighted by Crippen LogP contribution is -2.49. The number of Topliss-reactive ketones (excluding diaryl/α,β-unsaturated/α-hetero) is 1. The SMILES string of the molecule is CCCCCCC(C)/C=C(C)\C=C\C(=O)NC1CC2(OC1OC(=O)CCC)C1OC1C(=O)C1OC12. The number of allylic oxidation sites excluding steroid dienone is 3. The zero-order chi connectivity index (χ0) is 25.2. The summed E-state index contributed by atoms with van der Waals surface area (Å²) in [5.74, 6) is -0.267. The normalized spacial score (nSPS) is 36.1. The van der Waals surface area contributed by atoms with E-state index in [1.165, 1.54) is 31.8 Å². The fourth-order valence-electron chi connectivity index (χ4n) is 5.41. The molecule has 0 bridgehead atoms. The molecule has 1 N–H and O–H groups in total. The summed E-state index contributed by atoms with van der Waals surface area (Å²) in [6.45, 7) is 8.29. The van der Waals surface area contributed by atoms with Crippen LogP contribution in [0.1, 0.15) is 79.1 Å². The van der Waals surface area contributed by atoms with Gasteiger partial charge in [-0.25, -0.2) is 0 Å². The number of fused-ring (bicyclic) bond motifs is 4. The Kier molecular flexibility index (Phi) is 8.13. The summed E-state index contributed by atoms with van der Waals surface area (Å²) in [5.41, 5.74) is 0.146. The highest BCUT2D eigenvalue weighted by atomic mass is 16.8. The van der Waals surface area contributed by atoms with E-state index in [2.05, 4.69) is 25.2 Å². The van der Waals surface area contributed by atoms with Crippen LogP contribution in [0.3, 0.4) is 0 Å². The van der Waals surface area contributed by atoms with E-state index in [1.807, 2.05) is 13.8 Å². The third-order valence-corrected chi connectivity index (χ3v) is 7.30. The van der Waals surface area contributed by atoms with E-state index in [4.69, 9.17) is 18.9 Å². The quantitative estimate of drug-likeness (QED) is 0.147. The van der Waals surface area contributed by atoms with Crippen molar-refractivity contribution >= 4 is 17.7 Å². The number of ketones is 1. The summed E-state index contributed by atoms with van der Waals surface area (Å²) in [5, 5.41) is 2.94. The van der Waals surface area contributed by atoms with E-state index >= 15 is 0 Å². The first-order valence-electron chi connectivity index (χ1n) is 13.2. The van der Waals surface area contributed by atoms with Gasteiger partial charge in [0.25, 0.3) is 0 Å². The number of amides is 1. The van der Waals surface area contributed by atoms with Crippen LogP contribution in [0.15, 0.2) is 23.8 Å². The van der Waals surface area contributed by atoms with Gasteiger partial charge in [-0.05, 0) is 25.7 Å². The predicted molar refractivity (Wildman–Crippen MR) is 128 cm³/mol. The first-order chi connectivity index (χ1) is 16.8. The Morgan fingerprint density at radius 3 is 2.49 bits per heavy atom. The van der Waals surface area contributed by atoms with Crippen molar-refractivity contribution in [1.29, 1.82) is 0 Å². The first-order valence-corrected chi connectivity index (χ1v) is 13.2. The number of hydrogen-bond acceptors (Lipinski definition) is 7. The van der Waals surface area contributed by atoms with Crippen LogP contribution >= 0.6 is 0 Å². The second-order valence-corrected chi connectivity index (χ2v) is 10.4. The van der Waals surface area contributed by atoms with Crippen molar-refractivity contribution in [2.75, 3.05) is 0 Å². The lowest BCUT2D eigenvalue weighted by Gasteiger charge is -2.27. The molecule has 7 atom stereocenters. The van der Waals surface area contributed by atoms with Gasteiger partial charge in [0.1, 0.15) is 30.0 Å². The second kappa shape index (κ2) is 10.9. The standard InChI is InChI=1S/C27H39NO7/c1-5-7-8-9-11-16(3)14-17(4)12-13-19(29)28-18-15-27(35-26(18)32-20(30)10-6-2)24-22(33-24)21(31)23-25(27)34-23/h12-14,16,18,22-26H,5-11,15H2,1-4H3,(H,28,29)/b13-12+,17-14-. The zero-order valence-corrected chi connectivity index (χ0v) is 21.3. The largest absolute Gasteiger partial charge is 0.433 e. The van der Waals surface area contributed by atoms with Crippen LogP contribution in [-0.2, 0) is 33.3 Å². The number of carbonyl (C=O) groups is 3. The van der Waals surface area contributed by atoms with Crippen LogP contribution in [0.4, 0.5) is 0 Å². The third kappa shape index (κ3) is 5.87. The number of nitrogens with one attached hydrogen (secondary N) is 1. The molecule has 8 heteroatoms. The molecule has 8 nitrogen and oxygen atoms in total. The molecular weight excluding hydrogens is 450 g/mol. The fraction of sp³-hybridized carbons (Fsp3) is 0.741. The molecule has 0 aromatic carbocycles. The van der Waals surface area contributed by atoms with Crippen molar-refractivity contribution in [3.8, 4) is 0 Å². The van der Waals surface area contributed by atoms with Crippen molar-refractivity contribution in [2.24, 2.45) is 5.92 Å². The van der Waals surface area contributed by atoms with E-state index in [-0.39, 0.29) is 24.1 Å². The zero-order valence-electron chi connectivity index (χ0n) is 21.3. The van der Waals surface area contributed by atoms with Gasteiger partial charge in [-0.15, -0.1) is 0 Å². The van der Waals surface area contributed by atoms with E-state index in [0.717, 1.165) is 12.0 Å². The highest BCUT2D eigenvalue weighted by Crippen LogP contribution is 2.57. The molecule has 194 valence electrons. The second-order valence-electron chi connectivity index (χ2n) is 10.4. The van der Waals surface area contributed by atoms with Crippen LogP contribution in [0.2, 0.25) is 0 Å². The molecule has 4 fully saturated rings. The minimum Gasteiger partial charge on any atom is -0.433 e. The Labute approximate surface area is 207 Å². The molecule has 7 unspecified atom stereocenters. The molecule has 4 aliphatic rings. The van der Waals surface area contributed by atoms with Gasteiger partial charge in [0, 0.05) is 18.9 Å². The Morgan fingerprint density at radius 1 is 1.11 bits per heavy atom. The van der Waals surface area contributed by atoms with Crippen LogP contribution in [0.25, 0.3) is 0 Å². The molecule has 1 aliphatic carbocycles. The number of hydrogen-bond donors (Lipinski definition) is 1. The minimum absolute atomic E-state index is 0.0500. The third-order valence-electron chi connectivity index (χ3n) is 7.30. The highest BCUT2D eigenvalue weighted by molar-refractivity contribution is 5.95. The van der Waals surface area contributed by atoms with Crippen molar-refractivity contribution in [3.05, 3.63) is 23.8 Å². The lowest BCUT2D eigenvalue weighted by molar-refractivity contribution is -0.197. The van der Waals surface area contributed by atoms with Gasteiger partial charge >= 0.3 is 5.97 Å². The van der Waals surface area contributed by atoms with Crippen molar-refractivity contribution in [2.45, 2.75) is 121 Å².